The smallest absolute Gasteiger partial charge is 0.0701 e. The third kappa shape index (κ3) is 25.3. The Morgan fingerprint density at radius 3 is 1.41 bits per heavy atom. The summed E-state index contributed by atoms with van der Waals surface area (Å²) in [5.41, 5.74) is 7.21. The first-order valence-corrected chi connectivity index (χ1v) is 5.02. The summed E-state index contributed by atoms with van der Waals surface area (Å²) in [5.74, 6) is 4.24. The lowest BCUT2D eigenvalue weighted by Gasteiger charge is -2.04. The van der Waals surface area contributed by atoms with Crippen molar-refractivity contribution in [2.24, 2.45) is 11.1 Å². The van der Waals surface area contributed by atoms with Crippen LogP contribution in [0.15, 0.2) is 5.22 Å². The maximum atomic E-state index is 8.36. The average Bonchev–Trinajstić information content (AvgIpc) is 2.37. The number of aliphatic hydroxyl groups is 2. The van der Waals surface area contributed by atoms with E-state index in [1.807, 2.05) is 0 Å². The fourth-order valence-electron chi connectivity index (χ4n) is 0.671. The van der Waals surface area contributed by atoms with Crippen LogP contribution < -0.4 is 5.84 Å². The molecular formula is C8H20N4O5. The fraction of sp³-hybridized carbons (Fsp3) is 1.00. The van der Waals surface area contributed by atoms with Crippen LogP contribution in [-0.2, 0) is 14.2 Å². The SMILES string of the molecule is OCCOCCOCCOCCO.[N-]=[N+]=NN. The van der Waals surface area contributed by atoms with Crippen LogP contribution in [0.5, 0.6) is 0 Å². The van der Waals surface area contributed by atoms with Gasteiger partial charge >= 0.3 is 0 Å². The maximum absolute atomic E-state index is 8.36. The Hall–Kier alpha value is -1.09. The summed E-state index contributed by atoms with van der Waals surface area (Å²) < 4.78 is 15.0. The molecular weight excluding hydrogens is 232 g/mol. The van der Waals surface area contributed by atoms with Gasteiger partial charge in [-0.1, -0.05) is 0 Å². The predicted molar refractivity (Wildman–Crippen MR) is 60.0 cm³/mol. The van der Waals surface area contributed by atoms with E-state index in [0.717, 1.165) is 0 Å². The van der Waals surface area contributed by atoms with Gasteiger partial charge in [-0.05, 0) is 5.22 Å². The van der Waals surface area contributed by atoms with E-state index >= 15 is 0 Å². The molecule has 0 saturated carbocycles. The molecule has 0 rings (SSSR count). The first kappa shape index (κ1) is 18.3. The monoisotopic (exact) mass is 252 g/mol. The Morgan fingerprint density at radius 2 is 1.18 bits per heavy atom. The predicted octanol–water partition coefficient (Wildman–Crippen LogP) is -0.809. The quantitative estimate of drug-likeness (QED) is 0.116. The van der Waals surface area contributed by atoms with Gasteiger partial charge in [0.1, 0.15) is 0 Å². The summed E-state index contributed by atoms with van der Waals surface area (Å²) in [7, 11) is 0. The number of aliphatic hydroxyl groups excluding tert-OH is 2. The Labute approximate surface area is 99.7 Å². The maximum Gasteiger partial charge on any atom is 0.0701 e. The molecule has 0 aromatic heterocycles. The van der Waals surface area contributed by atoms with Crippen molar-refractivity contribution in [1.29, 1.82) is 0 Å². The van der Waals surface area contributed by atoms with Crippen LogP contribution in [0.4, 0.5) is 0 Å². The minimum Gasteiger partial charge on any atom is -0.394 e. The molecule has 17 heavy (non-hydrogen) atoms. The van der Waals surface area contributed by atoms with Gasteiger partial charge in [0.25, 0.3) is 0 Å². The molecule has 0 aliphatic heterocycles. The van der Waals surface area contributed by atoms with Crippen molar-refractivity contribution >= 4 is 0 Å². The standard InChI is InChI=1S/C8H18O5.H2N4/c9-1-3-11-5-7-13-8-6-12-4-2-10;1-3-4-2/h9-10H,1-8H2;1H2. The van der Waals surface area contributed by atoms with Gasteiger partial charge in [0.15, 0.2) is 0 Å². The molecule has 0 atom stereocenters. The van der Waals surface area contributed by atoms with Crippen LogP contribution in [-0.4, -0.2) is 63.1 Å². The van der Waals surface area contributed by atoms with Crippen molar-refractivity contribution in [2.75, 3.05) is 52.9 Å². The third-order valence-corrected chi connectivity index (χ3v) is 1.27. The molecule has 0 bridgehead atoms. The summed E-state index contributed by atoms with van der Waals surface area (Å²) >= 11 is 0. The van der Waals surface area contributed by atoms with Crippen molar-refractivity contribution in [2.45, 2.75) is 0 Å². The van der Waals surface area contributed by atoms with E-state index in [1.165, 1.54) is 0 Å². The van der Waals surface area contributed by atoms with E-state index in [2.05, 4.69) is 16.0 Å². The van der Waals surface area contributed by atoms with Crippen LogP contribution in [0.2, 0.25) is 0 Å². The lowest BCUT2D eigenvalue weighted by Crippen LogP contribution is -2.11. The number of nitrogens with two attached hydrogens (primary N) is 1. The van der Waals surface area contributed by atoms with Gasteiger partial charge in [0.2, 0.25) is 0 Å². The van der Waals surface area contributed by atoms with E-state index in [0.29, 0.717) is 39.6 Å². The second-order valence-corrected chi connectivity index (χ2v) is 2.49. The molecule has 9 nitrogen and oxygen atoms in total. The molecule has 0 fully saturated rings. The van der Waals surface area contributed by atoms with Crippen molar-refractivity contribution in [3.63, 3.8) is 0 Å². The van der Waals surface area contributed by atoms with Crippen LogP contribution in [0.25, 0.3) is 10.4 Å². The zero-order chi connectivity index (χ0) is 13.2. The molecule has 0 spiro atoms. The van der Waals surface area contributed by atoms with Gasteiger partial charge in [-0.15, -0.1) is 5.53 Å². The summed E-state index contributed by atoms with van der Waals surface area (Å²) in [6.45, 7) is 2.76. The number of rotatable bonds is 10. The summed E-state index contributed by atoms with van der Waals surface area (Å²) in [6.07, 6.45) is 0. The summed E-state index contributed by atoms with van der Waals surface area (Å²) in [5, 5.41) is 19.1. The minimum atomic E-state index is 0.0413. The van der Waals surface area contributed by atoms with E-state index in [1.54, 1.807) is 0 Å². The Kier molecular flexibility index (Phi) is 21.9. The lowest BCUT2D eigenvalue weighted by molar-refractivity contribution is 0.00230. The van der Waals surface area contributed by atoms with Gasteiger partial charge in [-0.25, -0.2) is 0 Å². The first-order valence-electron chi connectivity index (χ1n) is 5.02. The number of hydrogen-bond acceptors (Lipinski definition) is 6. The lowest BCUT2D eigenvalue weighted by atomic mass is 10.7. The minimum absolute atomic E-state index is 0.0413. The van der Waals surface area contributed by atoms with E-state index < -0.39 is 0 Å². The molecule has 0 aliphatic rings. The molecule has 0 saturated heterocycles. The number of azide groups is 1. The van der Waals surface area contributed by atoms with Crippen LogP contribution in [0.1, 0.15) is 0 Å². The normalized spacial score (nSPS) is 9.06. The number of ether oxygens (including phenoxy) is 3. The second kappa shape index (κ2) is 20.3. The molecule has 0 aromatic carbocycles. The van der Waals surface area contributed by atoms with Crippen molar-refractivity contribution in [3.8, 4) is 0 Å². The Balaban J connectivity index is 0. The van der Waals surface area contributed by atoms with Gasteiger partial charge in [0.05, 0.1) is 52.9 Å². The first-order chi connectivity index (χ1) is 8.33. The largest absolute Gasteiger partial charge is 0.394 e. The van der Waals surface area contributed by atoms with E-state index in [4.69, 9.17) is 30.0 Å². The highest BCUT2D eigenvalue weighted by molar-refractivity contribution is 4.33. The van der Waals surface area contributed by atoms with Crippen molar-refractivity contribution in [3.05, 3.63) is 10.4 Å². The highest BCUT2D eigenvalue weighted by Gasteiger charge is 1.89. The van der Waals surface area contributed by atoms with Crippen molar-refractivity contribution < 1.29 is 24.4 Å². The molecule has 0 radical (unpaired) electrons. The Bertz CT molecular complexity index is 167. The van der Waals surface area contributed by atoms with Gasteiger partial charge < -0.3 is 24.4 Å². The molecule has 0 unspecified atom stereocenters. The third-order valence-electron chi connectivity index (χ3n) is 1.27. The zero-order valence-corrected chi connectivity index (χ0v) is 9.70. The zero-order valence-electron chi connectivity index (χ0n) is 9.70. The highest BCUT2D eigenvalue weighted by Crippen LogP contribution is 1.80. The van der Waals surface area contributed by atoms with E-state index in [-0.39, 0.29) is 13.2 Å². The van der Waals surface area contributed by atoms with E-state index in [9.17, 15) is 0 Å². The number of nitrogens with zero attached hydrogens (tertiary/aromatic N) is 3. The van der Waals surface area contributed by atoms with Gasteiger partial charge in [-0.2, -0.15) is 4.91 Å². The summed E-state index contributed by atoms with van der Waals surface area (Å²) in [4.78, 5) is 2.14. The molecule has 0 amide bonds. The Morgan fingerprint density at radius 1 is 0.882 bits per heavy atom. The van der Waals surface area contributed by atoms with Crippen molar-refractivity contribution in [1.82, 2.24) is 0 Å². The molecule has 0 aliphatic carbocycles. The summed E-state index contributed by atoms with van der Waals surface area (Å²) in [6, 6.07) is 0. The topological polar surface area (TPSA) is 143 Å². The average molecular weight is 252 g/mol. The van der Waals surface area contributed by atoms with Crippen LogP contribution in [0.3, 0.4) is 0 Å². The molecule has 4 N–H and O–H groups in total. The van der Waals surface area contributed by atoms with Gasteiger partial charge in [0, 0.05) is 0 Å². The fourth-order valence-corrected chi connectivity index (χ4v) is 0.671. The van der Waals surface area contributed by atoms with Crippen LogP contribution >= 0.6 is 0 Å². The molecule has 102 valence electrons. The number of hydrogen-bond donors (Lipinski definition) is 3. The van der Waals surface area contributed by atoms with Gasteiger partial charge in [-0.3, -0.25) is 5.84 Å². The molecule has 9 heteroatoms. The van der Waals surface area contributed by atoms with Crippen LogP contribution in [0, 0.1) is 0 Å². The molecule has 0 heterocycles. The highest BCUT2D eigenvalue weighted by atomic mass is 16.5. The second-order valence-electron chi connectivity index (χ2n) is 2.49. The molecule has 0 aromatic rings.